The highest BCUT2D eigenvalue weighted by Crippen LogP contribution is 2.28. The van der Waals surface area contributed by atoms with Crippen LogP contribution in [0.4, 0.5) is 8.78 Å². The fraction of sp³-hybridized carbons (Fsp3) is 0.158. The first-order valence-electron chi connectivity index (χ1n) is 7.79. The quantitative estimate of drug-likeness (QED) is 0.736. The van der Waals surface area contributed by atoms with E-state index < -0.39 is 0 Å². The van der Waals surface area contributed by atoms with Crippen molar-refractivity contribution in [2.45, 2.75) is 13.3 Å². The number of aryl methyl sites for hydroxylation is 1. The van der Waals surface area contributed by atoms with Crippen LogP contribution >= 0.6 is 11.3 Å². The molecule has 0 saturated heterocycles. The number of rotatable bonds is 5. The van der Waals surface area contributed by atoms with E-state index in [0.29, 0.717) is 18.5 Å². The minimum atomic E-state index is -0.370. The highest BCUT2D eigenvalue weighted by molar-refractivity contribution is 7.15. The molecule has 128 valence electrons. The zero-order valence-corrected chi connectivity index (χ0v) is 14.4. The van der Waals surface area contributed by atoms with Gasteiger partial charge in [-0.2, -0.15) is 0 Å². The third kappa shape index (κ3) is 4.28. The molecule has 3 nitrogen and oxygen atoms in total. The van der Waals surface area contributed by atoms with Gasteiger partial charge in [0, 0.05) is 29.0 Å². The Kier molecular flexibility index (Phi) is 5.19. The van der Waals surface area contributed by atoms with Crippen LogP contribution in [0.5, 0.6) is 0 Å². The van der Waals surface area contributed by atoms with Crippen molar-refractivity contribution in [3.05, 3.63) is 76.3 Å². The lowest BCUT2D eigenvalue weighted by Crippen LogP contribution is -2.25. The van der Waals surface area contributed by atoms with Gasteiger partial charge in [0.1, 0.15) is 16.6 Å². The van der Waals surface area contributed by atoms with E-state index in [4.69, 9.17) is 0 Å². The van der Waals surface area contributed by atoms with Crippen LogP contribution in [0.2, 0.25) is 0 Å². The number of hydrogen-bond donors (Lipinski definition) is 1. The maximum absolute atomic E-state index is 13.0. The van der Waals surface area contributed by atoms with E-state index in [2.05, 4.69) is 10.3 Å². The summed E-state index contributed by atoms with van der Waals surface area (Å²) in [6.45, 7) is 2.38. The molecule has 1 amide bonds. The average molecular weight is 358 g/mol. The van der Waals surface area contributed by atoms with Crippen molar-refractivity contribution in [3.63, 3.8) is 0 Å². The normalized spacial score (nSPS) is 10.7. The van der Waals surface area contributed by atoms with E-state index in [0.717, 1.165) is 21.1 Å². The molecule has 0 fully saturated rings. The molecule has 0 radical (unpaired) electrons. The minimum absolute atomic E-state index is 0.235. The number of carbonyl (C=O) groups is 1. The lowest BCUT2D eigenvalue weighted by atomic mass is 10.2. The number of thiazole rings is 1. The number of halogens is 2. The lowest BCUT2D eigenvalue weighted by Gasteiger charge is -2.04. The van der Waals surface area contributed by atoms with Crippen molar-refractivity contribution in [1.82, 2.24) is 10.3 Å². The molecule has 0 unspecified atom stereocenters. The van der Waals surface area contributed by atoms with E-state index >= 15 is 0 Å². The number of carbonyl (C=O) groups excluding carboxylic acids is 1. The molecule has 0 saturated carbocycles. The summed E-state index contributed by atoms with van der Waals surface area (Å²) in [5, 5.41) is 3.65. The number of nitrogens with one attached hydrogen (secondary N) is 1. The molecule has 2 aromatic carbocycles. The van der Waals surface area contributed by atoms with Crippen LogP contribution in [0.15, 0.2) is 48.5 Å². The summed E-state index contributed by atoms with van der Waals surface area (Å²) < 4.78 is 25.9. The molecule has 6 heteroatoms. The molecule has 1 N–H and O–H groups in total. The fourth-order valence-corrected chi connectivity index (χ4v) is 3.44. The third-order valence-corrected chi connectivity index (χ3v) is 4.99. The predicted molar refractivity (Wildman–Crippen MR) is 94.7 cm³/mol. The second kappa shape index (κ2) is 7.53. The van der Waals surface area contributed by atoms with Crippen LogP contribution in [-0.2, 0) is 6.42 Å². The van der Waals surface area contributed by atoms with Crippen LogP contribution in [0, 0.1) is 18.6 Å². The molecule has 3 rings (SSSR count). The van der Waals surface area contributed by atoms with E-state index in [9.17, 15) is 13.6 Å². The van der Waals surface area contributed by atoms with Gasteiger partial charge in [0.2, 0.25) is 0 Å². The molecule has 0 spiro atoms. The maximum Gasteiger partial charge on any atom is 0.251 e. The van der Waals surface area contributed by atoms with Crippen molar-refractivity contribution in [2.75, 3.05) is 6.54 Å². The van der Waals surface area contributed by atoms with Gasteiger partial charge in [0.15, 0.2) is 0 Å². The number of amides is 1. The van der Waals surface area contributed by atoms with Gasteiger partial charge in [-0.3, -0.25) is 4.79 Å². The fourth-order valence-electron chi connectivity index (χ4n) is 2.37. The summed E-state index contributed by atoms with van der Waals surface area (Å²) >= 11 is 1.53. The Bertz CT molecular complexity index is 873. The standard InChI is InChI=1S/C19H16F2N2OS/c1-12-17(25-19(23-12)14-4-8-16(21)9-5-14)10-11-22-18(24)13-2-6-15(20)7-3-13/h2-9H,10-11H2,1H3,(H,22,24). The van der Waals surface area contributed by atoms with Crippen LogP contribution in [-0.4, -0.2) is 17.4 Å². The van der Waals surface area contributed by atoms with Crippen molar-refractivity contribution in [3.8, 4) is 10.6 Å². The van der Waals surface area contributed by atoms with Gasteiger partial charge in [-0.15, -0.1) is 11.3 Å². The molecule has 1 aromatic heterocycles. The Balaban J connectivity index is 1.61. The Morgan fingerprint density at radius 2 is 1.64 bits per heavy atom. The molecular formula is C19H16F2N2OS. The van der Waals surface area contributed by atoms with Crippen molar-refractivity contribution < 1.29 is 13.6 Å². The van der Waals surface area contributed by atoms with Crippen molar-refractivity contribution in [1.29, 1.82) is 0 Å². The zero-order valence-electron chi connectivity index (χ0n) is 13.6. The Morgan fingerprint density at radius 3 is 2.28 bits per heavy atom. The highest BCUT2D eigenvalue weighted by atomic mass is 32.1. The largest absolute Gasteiger partial charge is 0.352 e. The third-order valence-electron chi connectivity index (χ3n) is 3.73. The van der Waals surface area contributed by atoms with Crippen LogP contribution in [0.3, 0.4) is 0 Å². The number of hydrogen-bond acceptors (Lipinski definition) is 3. The monoisotopic (exact) mass is 358 g/mol. The maximum atomic E-state index is 13.0. The summed E-state index contributed by atoms with van der Waals surface area (Å²) in [5.41, 5.74) is 2.20. The van der Waals surface area contributed by atoms with E-state index in [1.165, 1.54) is 47.7 Å². The van der Waals surface area contributed by atoms with Gasteiger partial charge < -0.3 is 5.32 Å². The van der Waals surface area contributed by atoms with Gasteiger partial charge in [-0.1, -0.05) is 0 Å². The first kappa shape index (κ1) is 17.2. The molecule has 0 aliphatic carbocycles. The first-order valence-corrected chi connectivity index (χ1v) is 8.60. The van der Waals surface area contributed by atoms with E-state index in [1.807, 2.05) is 6.92 Å². The zero-order chi connectivity index (χ0) is 17.8. The molecule has 0 aliphatic rings. The summed E-state index contributed by atoms with van der Waals surface area (Å²) in [6, 6.07) is 11.7. The minimum Gasteiger partial charge on any atom is -0.352 e. The lowest BCUT2D eigenvalue weighted by molar-refractivity contribution is 0.0954. The SMILES string of the molecule is Cc1nc(-c2ccc(F)cc2)sc1CCNC(=O)c1ccc(F)cc1. The van der Waals surface area contributed by atoms with Crippen LogP contribution in [0.25, 0.3) is 10.6 Å². The first-order chi connectivity index (χ1) is 12.0. The number of aromatic nitrogens is 1. The Hall–Kier alpha value is -2.60. The number of benzene rings is 2. The summed E-state index contributed by atoms with van der Waals surface area (Å²) in [5.74, 6) is -0.883. The van der Waals surface area contributed by atoms with Crippen LogP contribution in [0.1, 0.15) is 20.9 Å². The average Bonchev–Trinajstić information content (AvgIpc) is 2.97. The van der Waals surface area contributed by atoms with Gasteiger partial charge in [-0.25, -0.2) is 13.8 Å². The second-order valence-corrected chi connectivity index (χ2v) is 6.63. The van der Waals surface area contributed by atoms with Crippen LogP contribution < -0.4 is 5.32 Å². The molecule has 1 heterocycles. The topological polar surface area (TPSA) is 42.0 Å². The smallest absolute Gasteiger partial charge is 0.251 e. The van der Waals surface area contributed by atoms with E-state index in [1.54, 1.807) is 12.1 Å². The summed E-state index contributed by atoms with van der Waals surface area (Å²) in [6.07, 6.45) is 0.650. The molecule has 0 bridgehead atoms. The van der Waals surface area contributed by atoms with Gasteiger partial charge in [-0.05, 0) is 55.5 Å². The Labute approximate surface area is 148 Å². The summed E-state index contributed by atoms with van der Waals surface area (Å²) in [4.78, 5) is 17.6. The predicted octanol–water partition coefficient (Wildman–Crippen LogP) is 4.37. The Morgan fingerprint density at radius 1 is 1.04 bits per heavy atom. The van der Waals surface area contributed by atoms with Gasteiger partial charge in [0.25, 0.3) is 5.91 Å². The number of nitrogens with zero attached hydrogens (tertiary/aromatic N) is 1. The van der Waals surface area contributed by atoms with Gasteiger partial charge in [0.05, 0.1) is 5.69 Å². The van der Waals surface area contributed by atoms with E-state index in [-0.39, 0.29) is 17.5 Å². The molecule has 0 aliphatic heterocycles. The highest BCUT2D eigenvalue weighted by Gasteiger charge is 2.11. The molecule has 3 aromatic rings. The van der Waals surface area contributed by atoms with Crippen molar-refractivity contribution in [2.24, 2.45) is 0 Å². The molecule has 0 atom stereocenters. The second-order valence-electron chi connectivity index (χ2n) is 5.55. The summed E-state index contributed by atoms with van der Waals surface area (Å²) in [7, 11) is 0. The molecule has 25 heavy (non-hydrogen) atoms. The molecular weight excluding hydrogens is 342 g/mol. The van der Waals surface area contributed by atoms with Gasteiger partial charge >= 0.3 is 0 Å². The van der Waals surface area contributed by atoms with Crippen molar-refractivity contribution >= 4 is 17.2 Å².